The molecule has 6 heteroatoms. The Morgan fingerprint density at radius 3 is 2.44 bits per heavy atom. The van der Waals surface area contributed by atoms with E-state index >= 15 is 0 Å². The molecule has 0 aliphatic carbocycles. The van der Waals surface area contributed by atoms with E-state index in [0.29, 0.717) is 25.4 Å². The average molecular weight is 345 g/mol. The van der Waals surface area contributed by atoms with Gasteiger partial charge in [-0.1, -0.05) is 24.3 Å². The fourth-order valence-electron chi connectivity index (χ4n) is 2.89. The molecule has 3 rings (SSSR count). The van der Waals surface area contributed by atoms with Gasteiger partial charge < -0.3 is 14.9 Å². The third-order valence-electron chi connectivity index (χ3n) is 4.45. The molecule has 0 unspecified atom stereocenters. The lowest BCUT2D eigenvalue weighted by Gasteiger charge is -2.35. The summed E-state index contributed by atoms with van der Waals surface area (Å²) in [5, 5.41) is 19.0. The summed E-state index contributed by atoms with van der Waals surface area (Å²) in [6.07, 6.45) is 0.333. The highest BCUT2D eigenvalue weighted by atomic mass is 19.1. The summed E-state index contributed by atoms with van der Waals surface area (Å²) in [6.45, 7) is 1.40. The van der Waals surface area contributed by atoms with Crippen LogP contribution >= 0.6 is 0 Å². The summed E-state index contributed by atoms with van der Waals surface area (Å²) in [5.41, 5.74) is -0.867. The number of ether oxygens (including phenoxy) is 1. The van der Waals surface area contributed by atoms with Crippen LogP contribution in [-0.2, 0) is 11.3 Å². The first-order chi connectivity index (χ1) is 12.0. The Morgan fingerprint density at radius 1 is 1.16 bits per heavy atom. The lowest BCUT2D eigenvalue weighted by molar-refractivity contribution is -0.163. The number of benzene rings is 2. The van der Waals surface area contributed by atoms with Gasteiger partial charge in [0.05, 0.1) is 0 Å². The van der Waals surface area contributed by atoms with Gasteiger partial charge in [0.25, 0.3) is 0 Å². The first-order valence-corrected chi connectivity index (χ1v) is 8.16. The van der Waals surface area contributed by atoms with Gasteiger partial charge in [0.15, 0.2) is 17.2 Å². The van der Waals surface area contributed by atoms with Crippen LogP contribution in [0.1, 0.15) is 18.4 Å². The highest BCUT2D eigenvalue weighted by molar-refractivity contribution is 5.77. The van der Waals surface area contributed by atoms with Crippen LogP contribution in [-0.4, -0.2) is 39.8 Å². The third-order valence-corrected chi connectivity index (χ3v) is 4.45. The van der Waals surface area contributed by atoms with Crippen molar-refractivity contribution in [1.29, 1.82) is 0 Å². The second kappa shape index (κ2) is 7.21. The van der Waals surface area contributed by atoms with Crippen LogP contribution < -0.4 is 4.74 Å². The molecular formula is C19H20FNO4. The van der Waals surface area contributed by atoms with E-state index in [1.165, 1.54) is 6.07 Å². The zero-order chi connectivity index (χ0) is 17.9. The number of halogens is 1. The van der Waals surface area contributed by atoms with Crippen molar-refractivity contribution >= 4 is 5.97 Å². The number of carboxylic acid groups (broad SMARTS) is 1. The fourth-order valence-corrected chi connectivity index (χ4v) is 2.89. The number of carbonyl (C=O) groups is 1. The summed E-state index contributed by atoms with van der Waals surface area (Å²) in [7, 11) is 0. The Morgan fingerprint density at radius 2 is 1.84 bits per heavy atom. The van der Waals surface area contributed by atoms with Gasteiger partial charge >= 0.3 is 5.97 Å². The number of piperidine rings is 1. The average Bonchev–Trinajstić information content (AvgIpc) is 2.60. The van der Waals surface area contributed by atoms with Gasteiger partial charge in [-0.2, -0.15) is 0 Å². The number of hydrogen-bond donors (Lipinski definition) is 2. The number of aliphatic hydroxyl groups is 1. The van der Waals surface area contributed by atoms with Crippen LogP contribution in [0.15, 0.2) is 48.5 Å². The van der Waals surface area contributed by atoms with Crippen molar-refractivity contribution in [2.75, 3.05) is 13.1 Å². The minimum atomic E-state index is -1.64. The molecule has 0 radical (unpaired) electrons. The third kappa shape index (κ3) is 4.15. The first kappa shape index (κ1) is 17.4. The van der Waals surface area contributed by atoms with Gasteiger partial charge in [-0.05, 0) is 42.7 Å². The molecule has 0 saturated carbocycles. The fraction of sp³-hybridized carbons (Fsp3) is 0.316. The molecule has 1 fully saturated rings. The quantitative estimate of drug-likeness (QED) is 0.872. The minimum absolute atomic E-state index is 0.161. The highest BCUT2D eigenvalue weighted by Crippen LogP contribution is 2.27. The number of likely N-dealkylation sites (tertiary alicyclic amines) is 1. The van der Waals surface area contributed by atoms with Crippen molar-refractivity contribution in [3.8, 4) is 11.5 Å². The Hall–Kier alpha value is -2.44. The zero-order valence-electron chi connectivity index (χ0n) is 13.7. The molecule has 1 heterocycles. The van der Waals surface area contributed by atoms with Crippen LogP contribution in [0.2, 0.25) is 0 Å². The SMILES string of the molecule is O=C(O)C1(O)CCN(Cc2ccc(Oc3ccccc3)c(F)c2)CC1. The number of aliphatic carboxylic acids is 1. The molecule has 0 bridgehead atoms. The van der Waals surface area contributed by atoms with Crippen LogP contribution in [0.25, 0.3) is 0 Å². The van der Waals surface area contributed by atoms with E-state index in [9.17, 15) is 14.3 Å². The Kier molecular flexibility index (Phi) is 5.01. The van der Waals surface area contributed by atoms with Crippen LogP contribution in [0, 0.1) is 5.82 Å². The molecule has 132 valence electrons. The van der Waals surface area contributed by atoms with Crippen molar-refractivity contribution in [3.05, 3.63) is 59.9 Å². The zero-order valence-corrected chi connectivity index (χ0v) is 13.7. The van der Waals surface area contributed by atoms with E-state index in [0.717, 1.165) is 5.56 Å². The number of hydrogen-bond acceptors (Lipinski definition) is 4. The summed E-state index contributed by atoms with van der Waals surface area (Å²) in [6, 6.07) is 13.8. The predicted octanol–water partition coefficient (Wildman–Crippen LogP) is 3.03. The highest BCUT2D eigenvalue weighted by Gasteiger charge is 2.39. The van der Waals surface area contributed by atoms with Crippen LogP contribution in [0.4, 0.5) is 4.39 Å². The monoisotopic (exact) mass is 345 g/mol. The summed E-state index contributed by atoms with van der Waals surface area (Å²) in [4.78, 5) is 13.0. The van der Waals surface area contributed by atoms with E-state index in [-0.39, 0.29) is 18.6 Å². The largest absolute Gasteiger partial charge is 0.479 e. The van der Waals surface area contributed by atoms with Crippen LogP contribution in [0.5, 0.6) is 11.5 Å². The van der Waals surface area contributed by atoms with Crippen molar-refractivity contribution in [2.24, 2.45) is 0 Å². The lowest BCUT2D eigenvalue weighted by atomic mass is 9.91. The Bertz CT molecular complexity index is 742. The molecule has 0 atom stereocenters. The molecule has 2 aromatic carbocycles. The molecule has 2 N–H and O–H groups in total. The van der Waals surface area contributed by atoms with Gasteiger partial charge in [0.1, 0.15) is 5.75 Å². The summed E-state index contributed by atoms with van der Waals surface area (Å²) >= 11 is 0. The molecule has 0 aromatic heterocycles. The van der Waals surface area contributed by atoms with E-state index < -0.39 is 17.4 Å². The normalized spacial score (nSPS) is 17.2. The Labute approximate surface area is 145 Å². The van der Waals surface area contributed by atoms with E-state index in [4.69, 9.17) is 9.84 Å². The van der Waals surface area contributed by atoms with Crippen molar-refractivity contribution in [1.82, 2.24) is 4.90 Å². The number of para-hydroxylation sites is 1. The van der Waals surface area contributed by atoms with Gasteiger partial charge in [-0.25, -0.2) is 9.18 Å². The number of carboxylic acids is 1. The molecule has 25 heavy (non-hydrogen) atoms. The van der Waals surface area contributed by atoms with Crippen molar-refractivity contribution in [3.63, 3.8) is 0 Å². The molecule has 5 nitrogen and oxygen atoms in total. The molecule has 0 spiro atoms. The van der Waals surface area contributed by atoms with Crippen LogP contribution in [0.3, 0.4) is 0 Å². The smallest absolute Gasteiger partial charge is 0.335 e. The number of nitrogens with zero attached hydrogens (tertiary/aromatic N) is 1. The minimum Gasteiger partial charge on any atom is -0.479 e. The predicted molar refractivity (Wildman–Crippen MR) is 90.0 cm³/mol. The maximum absolute atomic E-state index is 14.3. The van der Waals surface area contributed by atoms with Crippen molar-refractivity contribution < 1.29 is 24.1 Å². The molecule has 1 aliphatic heterocycles. The van der Waals surface area contributed by atoms with Gasteiger partial charge in [0, 0.05) is 19.6 Å². The molecular weight excluding hydrogens is 325 g/mol. The lowest BCUT2D eigenvalue weighted by Crippen LogP contribution is -2.49. The molecule has 1 saturated heterocycles. The summed E-state index contributed by atoms with van der Waals surface area (Å²) < 4.78 is 19.8. The maximum Gasteiger partial charge on any atom is 0.335 e. The maximum atomic E-state index is 14.3. The van der Waals surface area contributed by atoms with Gasteiger partial charge in [-0.3, -0.25) is 4.90 Å². The molecule has 0 amide bonds. The second-order valence-corrected chi connectivity index (χ2v) is 6.29. The topological polar surface area (TPSA) is 70.0 Å². The van der Waals surface area contributed by atoms with Gasteiger partial charge in [0.2, 0.25) is 0 Å². The van der Waals surface area contributed by atoms with E-state index in [1.54, 1.807) is 24.3 Å². The standard InChI is InChI=1S/C19H20FNO4/c20-16-12-14(6-7-17(16)25-15-4-2-1-3-5-15)13-21-10-8-19(24,9-11-21)18(22)23/h1-7,12,24H,8-11,13H2,(H,22,23). The van der Waals surface area contributed by atoms with E-state index in [1.807, 2.05) is 23.1 Å². The number of rotatable bonds is 5. The first-order valence-electron chi connectivity index (χ1n) is 8.16. The van der Waals surface area contributed by atoms with Crippen molar-refractivity contribution in [2.45, 2.75) is 25.0 Å². The van der Waals surface area contributed by atoms with E-state index in [2.05, 4.69) is 0 Å². The summed E-state index contributed by atoms with van der Waals surface area (Å²) in [5.74, 6) is -0.895. The Balaban J connectivity index is 1.61. The molecule has 1 aliphatic rings. The molecule has 2 aromatic rings. The second-order valence-electron chi connectivity index (χ2n) is 6.29. The van der Waals surface area contributed by atoms with Gasteiger partial charge in [-0.15, -0.1) is 0 Å².